The van der Waals surface area contributed by atoms with E-state index in [1.807, 2.05) is 0 Å². The molecule has 4 nitrogen and oxygen atoms in total. The first-order valence-corrected chi connectivity index (χ1v) is 4.70. The maximum atomic E-state index is 5.75. The number of nitrogens with zero attached hydrogens (tertiary/aromatic N) is 1. The van der Waals surface area contributed by atoms with Crippen LogP contribution in [0, 0.1) is 0 Å². The fourth-order valence-corrected chi connectivity index (χ4v) is 1.43. The van der Waals surface area contributed by atoms with E-state index in [2.05, 4.69) is 10.4 Å². The van der Waals surface area contributed by atoms with E-state index >= 15 is 0 Å². The third-order valence-corrected chi connectivity index (χ3v) is 2.38. The lowest BCUT2D eigenvalue weighted by molar-refractivity contribution is -0.0289. The smallest absolute Gasteiger partial charge is 0.121 e. The molecule has 0 aromatic rings. The minimum absolute atomic E-state index is 0.356. The van der Waals surface area contributed by atoms with Gasteiger partial charge in [0.25, 0.3) is 0 Å². The van der Waals surface area contributed by atoms with Gasteiger partial charge in [-0.15, -0.1) is 0 Å². The van der Waals surface area contributed by atoms with Crippen molar-refractivity contribution in [2.75, 3.05) is 19.8 Å². The number of rotatable bonds is 4. The Morgan fingerprint density at radius 2 is 2.25 bits per heavy atom. The molecular formula is C8H17N3O. The normalized spacial score (nSPS) is 31.2. The van der Waals surface area contributed by atoms with Crippen molar-refractivity contribution >= 4 is 0 Å². The van der Waals surface area contributed by atoms with Gasteiger partial charge >= 0.3 is 0 Å². The number of hydroxylamine groups is 1. The van der Waals surface area contributed by atoms with E-state index in [4.69, 9.17) is 10.6 Å². The van der Waals surface area contributed by atoms with E-state index in [0.29, 0.717) is 18.8 Å². The van der Waals surface area contributed by atoms with Gasteiger partial charge in [-0.3, -0.25) is 9.74 Å². The molecule has 12 heavy (non-hydrogen) atoms. The average Bonchev–Trinajstić information content (AvgIpc) is 2.76. The van der Waals surface area contributed by atoms with Gasteiger partial charge < -0.3 is 5.73 Å². The molecule has 3 N–H and O–H groups in total. The molecule has 1 saturated carbocycles. The van der Waals surface area contributed by atoms with Crippen LogP contribution in [0.5, 0.6) is 0 Å². The van der Waals surface area contributed by atoms with Crippen molar-refractivity contribution in [2.45, 2.75) is 31.3 Å². The number of nitrogens with one attached hydrogen (secondary N) is 1. The lowest BCUT2D eigenvalue weighted by Gasteiger charge is -2.14. The van der Waals surface area contributed by atoms with Crippen LogP contribution in [0.2, 0.25) is 0 Å². The highest BCUT2D eigenvalue weighted by atomic mass is 16.7. The van der Waals surface area contributed by atoms with Gasteiger partial charge in [0.05, 0.1) is 0 Å². The van der Waals surface area contributed by atoms with Crippen molar-refractivity contribution in [3.8, 4) is 0 Å². The van der Waals surface area contributed by atoms with Gasteiger partial charge in [-0.2, -0.15) is 5.48 Å². The topological polar surface area (TPSA) is 50.5 Å². The maximum absolute atomic E-state index is 5.75. The molecule has 1 unspecified atom stereocenters. The molecule has 70 valence electrons. The molecule has 2 fully saturated rings. The third kappa shape index (κ3) is 2.42. The molecule has 0 aromatic carbocycles. The Bertz CT molecular complexity index is 149. The van der Waals surface area contributed by atoms with Crippen LogP contribution in [0.4, 0.5) is 0 Å². The van der Waals surface area contributed by atoms with Gasteiger partial charge in [0.2, 0.25) is 0 Å². The summed E-state index contributed by atoms with van der Waals surface area (Å²) in [6, 6.07) is 0.982. The van der Waals surface area contributed by atoms with Crippen molar-refractivity contribution in [3.05, 3.63) is 0 Å². The SMILES string of the molecule is NC1CCN(CONC2CC2)C1. The predicted octanol–water partition coefficient (Wildman–Crippen LogP) is -0.340. The molecule has 2 rings (SSSR count). The van der Waals surface area contributed by atoms with Gasteiger partial charge in [-0.1, -0.05) is 0 Å². The molecule has 0 spiro atoms. The second kappa shape index (κ2) is 3.70. The quantitative estimate of drug-likeness (QED) is 0.568. The molecule has 0 radical (unpaired) electrons. The van der Waals surface area contributed by atoms with Crippen LogP contribution in [-0.4, -0.2) is 36.8 Å². The van der Waals surface area contributed by atoms with Crippen LogP contribution in [0.3, 0.4) is 0 Å². The molecule has 1 saturated heterocycles. The zero-order valence-corrected chi connectivity index (χ0v) is 7.33. The molecule has 0 bridgehead atoms. The van der Waals surface area contributed by atoms with Crippen LogP contribution >= 0.6 is 0 Å². The first-order chi connectivity index (χ1) is 5.84. The molecule has 1 aliphatic heterocycles. The summed E-state index contributed by atoms with van der Waals surface area (Å²) >= 11 is 0. The van der Waals surface area contributed by atoms with Crippen molar-refractivity contribution in [1.29, 1.82) is 0 Å². The highest BCUT2D eigenvalue weighted by Crippen LogP contribution is 2.18. The summed E-state index contributed by atoms with van der Waals surface area (Å²) in [6.45, 7) is 2.74. The van der Waals surface area contributed by atoms with Gasteiger partial charge in [0, 0.05) is 25.2 Å². The molecule has 1 atom stereocenters. The minimum Gasteiger partial charge on any atom is -0.326 e. The van der Waals surface area contributed by atoms with Crippen molar-refractivity contribution in [3.63, 3.8) is 0 Å². The molecule has 2 aliphatic rings. The Hall–Kier alpha value is -0.160. The summed E-state index contributed by atoms with van der Waals surface area (Å²) < 4.78 is 0. The maximum Gasteiger partial charge on any atom is 0.121 e. The fourth-order valence-electron chi connectivity index (χ4n) is 1.43. The van der Waals surface area contributed by atoms with Gasteiger partial charge in [-0.05, 0) is 19.3 Å². The highest BCUT2D eigenvalue weighted by molar-refractivity contribution is 4.78. The highest BCUT2D eigenvalue weighted by Gasteiger charge is 2.22. The Balaban J connectivity index is 1.54. The Morgan fingerprint density at radius 3 is 2.83 bits per heavy atom. The Morgan fingerprint density at radius 1 is 1.42 bits per heavy atom. The van der Waals surface area contributed by atoms with E-state index in [9.17, 15) is 0 Å². The standard InChI is InChI=1S/C8H17N3O/c9-7-3-4-11(5-7)6-12-10-8-1-2-8/h7-8,10H,1-6,9H2. The zero-order chi connectivity index (χ0) is 8.39. The summed E-state index contributed by atoms with van der Waals surface area (Å²) in [6.07, 6.45) is 3.63. The third-order valence-electron chi connectivity index (χ3n) is 2.38. The summed E-state index contributed by atoms with van der Waals surface area (Å²) in [5.41, 5.74) is 8.77. The van der Waals surface area contributed by atoms with Crippen molar-refractivity contribution in [1.82, 2.24) is 10.4 Å². The van der Waals surface area contributed by atoms with Crippen LogP contribution in [0.25, 0.3) is 0 Å². The summed E-state index contributed by atoms with van der Waals surface area (Å²) in [7, 11) is 0. The molecule has 1 aliphatic carbocycles. The van der Waals surface area contributed by atoms with E-state index in [1.165, 1.54) is 12.8 Å². The number of likely N-dealkylation sites (tertiary alicyclic amines) is 1. The summed E-state index contributed by atoms with van der Waals surface area (Å²) in [5.74, 6) is 0. The first-order valence-electron chi connectivity index (χ1n) is 4.70. The predicted molar refractivity (Wildman–Crippen MR) is 46.3 cm³/mol. The Kier molecular flexibility index (Phi) is 2.60. The van der Waals surface area contributed by atoms with Gasteiger partial charge in [-0.25, -0.2) is 0 Å². The molecule has 0 amide bonds. The first kappa shape index (κ1) is 8.44. The lowest BCUT2D eigenvalue weighted by atomic mass is 10.3. The molecule has 1 heterocycles. The van der Waals surface area contributed by atoms with E-state index < -0.39 is 0 Å². The van der Waals surface area contributed by atoms with Crippen LogP contribution in [-0.2, 0) is 4.84 Å². The van der Waals surface area contributed by atoms with Crippen LogP contribution < -0.4 is 11.2 Å². The number of hydrogen-bond acceptors (Lipinski definition) is 4. The van der Waals surface area contributed by atoms with Crippen LogP contribution in [0.15, 0.2) is 0 Å². The van der Waals surface area contributed by atoms with E-state index in [0.717, 1.165) is 19.5 Å². The fraction of sp³-hybridized carbons (Fsp3) is 1.00. The second-order valence-electron chi connectivity index (χ2n) is 3.79. The lowest BCUT2D eigenvalue weighted by Crippen LogP contribution is -2.31. The summed E-state index contributed by atoms with van der Waals surface area (Å²) in [4.78, 5) is 7.55. The molecular weight excluding hydrogens is 154 g/mol. The average molecular weight is 171 g/mol. The van der Waals surface area contributed by atoms with Gasteiger partial charge in [0.15, 0.2) is 0 Å². The Labute approximate surface area is 73.0 Å². The minimum atomic E-state index is 0.356. The number of hydrogen-bond donors (Lipinski definition) is 2. The number of nitrogens with two attached hydrogens (primary N) is 1. The molecule has 4 heteroatoms. The van der Waals surface area contributed by atoms with Crippen LogP contribution in [0.1, 0.15) is 19.3 Å². The van der Waals surface area contributed by atoms with Gasteiger partial charge in [0.1, 0.15) is 6.73 Å². The second-order valence-corrected chi connectivity index (χ2v) is 3.79. The van der Waals surface area contributed by atoms with Crippen molar-refractivity contribution in [2.24, 2.45) is 5.73 Å². The largest absolute Gasteiger partial charge is 0.326 e. The van der Waals surface area contributed by atoms with E-state index in [1.54, 1.807) is 0 Å². The van der Waals surface area contributed by atoms with E-state index in [-0.39, 0.29) is 0 Å². The monoisotopic (exact) mass is 171 g/mol. The van der Waals surface area contributed by atoms with Crippen molar-refractivity contribution < 1.29 is 4.84 Å². The molecule has 0 aromatic heterocycles. The summed E-state index contributed by atoms with van der Waals surface area (Å²) in [5, 5.41) is 0. The zero-order valence-electron chi connectivity index (χ0n) is 7.33.